The molecule has 1 aromatic heterocycles. The second-order valence-electron chi connectivity index (χ2n) is 7.28. The molecule has 0 aliphatic heterocycles. The van der Waals surface area contributed by atoms with Crippen LogP contribution in [0.4, 0.5) is 0 Å². The third kappa shape index (κ3) is 4.41. The summed E-state index contributed by atoms with van der Waals surface area (Å²) < 4.78 is 5.96. The van der Waals surface area contributed by atoms with Crippen LogP contribution in [0.3, 0.4) is 0 Å². The van der Waals surface area contributed by atoms with E-state index in [4.69, 9.17) is 10.5 Å². The van der Waals surface area contributed by atoms with Crippen LogP contribution >= 0.6 is 0 Å². The molecule has 5 heteroatoms. The summed E-state index contributed by atoms with van der Waals surface area (Å²) in [6.07, 6.45) is 7.63. The second kappa shape index (κ2) is 8.32. The number of pyridine rings is 1. The molecule has 3 N–H and O–H groups in total. The van der Waals surface area contributed by atoms with E-state index < -0.39 is 5.91 Å². The van der Waals surface area contributed by atoms with Crippen molar-refractivity contribution in [1.29, 1.82) is 0 Å². The van der Waals surface area contributed by atoms with E-state index in [0.717, 1.165) is 25.1 Å². The van der Waals surface area contributed by atoms with Crippen molar-refractivity contribution in [2.75, 3.05) is 6.54 Å². The van der Waals surface area contributed by atoms with Gasteiger partial charge >= 0.3 is 0 Å². The molecular weight excluding hydrogens is 326 g/mol. The van der Waals surface area contributed by atoms with Crippen molar-refractivity contribution in [3.63, 3.8) is 0 Å². The lowest BCUT2D eigenvalue weighted by atomic mass is 9.87. The highest BCUT2D eigenvalue weighted by atomic mass is 16.5. The van der Waals surface area contributed by atoms with Gasteiger partial charge in [0.05, 0.1) is 0 Å². The largest absolute Gasteiger partial charge is 0.456 e. The molecule has 26 heavy (non-hydrogen) atoms. The number of hydrogen-bond donors (Lipinski definition) is 2. The maximum absolute atomic E-state index is 11.6. The van der Waals surface area contributed by atoms with E-state index in [9.17, 15) is 4.79 Å². The molecule has 2 aromatic rings. The maximum Gasteiger partial charge on any atom is 0.254 e. The number of carbonyl (C=O) groups is 1. The van der Waals surface area contributed by atoms with Crippen LogP contribution in [0.25, 0.3) is 0 Å². The minimum Gasteiger partial charge on any atom is -0.456 e. The summed E-state index contributed by atoms with van der Waals surface area (Å²) in [5, 5.41) is 3.69. The highest BCUT2D eigenvalue weighted by Crippen LogP contribution is 2.34. The van der Waals surface area contributed by atoms with Gasteiger partial charge in [-0.3, -0.25) is 9.78 Å². The molecule has 1 aliphatic rings. The van der Waals surface area contributed by atoms with Crippen LogP contribution < -0.4 is 15.8 Å². The summed E-state index contributed by atoms with van der Waals surface area (Å²) in [4.78, 5) is 15.5. The Bertz CT molecular complexity index is 774. The van der Waals surface area contributed by atoms with E-state index >= 15 is 0 Å². The molecule has 3 rings (SSSR count). The van der Waals surface area contributed by atoms with Crippen molar-refractivity contribution in [3.05, 3.63) is 53.3 Å². The van der Waals surface area contributed by atoms with Crippen LogP contribution in [0.15, 0.2) is 36.7 Å². The number of nitrogens with two attached hydrogens (primary N) is 1. The third-order valence-electron chi connectivity index (χ3n) is 4.82. The summed E-state index contributed by atoms with van der Waals surface area (Å²) in [7, 11) is 0. The summed E-state index contributed by atoms with van der Waals surface area (Å²) in [5.74, 6) is 1.31. The highest BCUT2D eigenvalue weighted by Gasteiger charge is 2.21. The summed E-state index contributed by atoms with van der Waals surface area (Å²) in [5.41, 5.74) is 8.37. The van der Waals surface area contributed by atoms with Gasteiger partial charge in [0.2, 0.25) is 0 Å². The predicted molar refractivity (Wildman–Crippen MR) is 102 cm³/mol. The Labute approximate surface area is 155 Å². The zero-order valence-electron chi connectivity index (χ0n) is 15.5. The molecule has 0 bridgehead atoms. The topological polar surface area (TPSA) is 77.2 Å². The van der Waals surface area contributed by atoms with Gasteiger partial charge in [-0.2, -0.15) is 0 Å². The van der Waals surface area contributed by atoms with Gasteiger partial charge in [-0.05, 0) is 67.5 Å². The smallest absolute Gasteiger partial charge is 0.254 e. The van der Waals surface area contributed by atoms with E-state index in [2.05, 4.69) is 36.3 Å². The van der Waals surface area contributed by atoms with E-state index in [1.54, 1.807) is 12.3 Å². The number of carbonyl (C=O) groups excluding carboxylic acids is 1. The van der Waals surface area contributed by atoms with Crippen molar-refractivity contribution >= 4 is 5.91 Å². The number of fused-ring (bicyclic) bond motifs is 1. The number of nitrogens with one attached hydrogen (secondary N) is 1. The second-order valence-corrected chi connectivity index (χ2v) is 7.28. The fraction of sp³-hybridized carbons (Fsp3) is 0.429. The first-order valence-electron chi connectivity index (χ1n) is 9.32. The zero-order valence-corrected chi connectivity index (χ0v) is 15.5. The monoisotopic (exact) mass is 353 g/mol. The first-order chi connectivity index (χ1) is 12.5. The third-order valence-corrected chi connectivity index (χ3v) is 4.82. The van der Waals surface area contributed by atoms with Gasteiger partial charge in [-0.15, -0.1) is 0 Å². The zero-order chi connectivity index (χ0) is 18.5. The van der Waals surface area contributed by atoms with Gasteiger partial charge < -0.3 is 15.8 Å². The van der Waals surface area contributed by atoms with Crippen LogP contribution in [-0.4, -0.2) is 17.4 Å². The molecule has 0 saturated heterocycles. The molecule has 1 heterocycles. The van der Waals surface area contributed by atoms with Crippen molar-refractivity contribution in [2.45, 2.75) is 45.6 Å². The number of aryl methyl sites for hydroxylation is 1. The van der Waals surface area contributed by atoms with Gasteiger partial charge in [0.15, 0.2) is 0 Å². The minimum atomic E-state index is -0.542. The van der Waals surface area contributed by atoms with Crippen LogP contribution in [0, 0.1) is 5.92 Å². The summed E-state index contributed by atoms with van der Waals surface area (Å²) in [6, 6.07) is 8.20. The molecule has 0 fully saturated rings. The Morgan fingerprint density at radius 3 is 3.00 bits per heavy atom. The molecule has 1 atom stereocenters. The number of primary amides is 1. The fourth-order valence-corrected chi connectivity index (χ4v) is 3.38. The molecule has 0 saturated carbocycles. The number of ether oxygens (including phenoxy) is 1. The Kier molecular flexibility index (Phi) is 5.89. The number of hydrogen-bond acceptors (Lipinski definition) is 4. The first-order valence-corrected chi connectivity index (χ1v) is 9.32. The fourth-order valence-electron chi connectivity index (χ4n) is 3.38. The molecule has 1 aliphatic carbocycles. The van der Waals surface area contributed by atoms with Crippen LogP contribution in [0.2, 0.25) is 0 Å². The van der Waals surface area contributed by atoms with Crippen LogP contribution in [0.5, 0.6) is 11.5 Å². The minimum absolute atomic E-state index is 0.289. The first kappa shape index (κ1) is 18.4. The number of amides is 1. The number of rotatable bonds is 7. The van der Waals surface area contributed by atoms with Crippen LogP contribution in [-0.2, 0) is 6.42 Å². The summed E-state index contributed by atoms with van der Waals surface area (Å²) in [6.45, 7) is 5.50. The Morgan fingerprint density at radius 2 is 2.23 bits per heavy atom. The molecule has 1 amide bonds. The Hall–Kier alpha value is -2.40. The van der Waals surface area contributed by atoms with Gasteiger partial charge in [-0.1, -0.05) is 19.9 Å². The molecule has 0 radical (unpaired) electrons. The van der Waals surface area contributed by atoms with Crippen molar-refractivity contribution in [3.8, 4) is 11.5 Å². The lowest BCUT2D eigenvalue weighted by Gasteiger charge is -2.27. The van der Waals surface area contributed by atoms with E-state index in [0.29, 0.717) is 17.7 Å². The predicted octanol–water partition coefficient (Wildman–Crippen LogP) is 3.99. The molecule has 0 spiro atoms. The van der Waals surface area contributed by atoms with Crippen molar-refractivity contribution in [2.24, 2.45) is 11.7 Å². The van der Waals surface area contributed by atoms with Crippen molar-refractivity contribution < 1.29 is 9.53 Å². The number of aromatic nitrogens is 1. The van der Waals surface area contributed by atoms with E-state index in [1.165, 1.54) is 30.2 Å². The lowest BCUT2D eigenvalue weighted by Crippen LogP contribution is -2.26. The standard InChI is InChI=1S/C21H27N3O2/c1-14(2)8-11-24-19-5-3-4-15-6-7-16(12-17(15)19)26-20-9-10-23-13-18(20)21(22)25/h6-7,9-10,12-14,19,24H,3-5,8,11H2,1-2H3,(H2,22,25). The number of benzene rings is 1. The maximum atomic E-state index is 11.6. The van der Waals surface area contributed by atoms with Crippen molar-refractivity contribution in [1.82, 2.24) is 10.3 Å². The van der Waals surface area contributed by atoms with Crippen LogP contribution in [0.1, 0.15) is 60.6 Å². The molecule has 1 aromatic carbocycles. The van der Waals surface area contributed by atoms with Gasteiger partial charge in [0.1, 0.15) is 17.1 Å². The normalized spacial score (nSPS) is 16.3. The molecule has 138 valence electrons. The van der Waals surface area contributed by atoms with Gasteiger partial charge in [-0.25, -0.2) is 0 Å². The molecule has 1 unspecified atom stereocenters. The average molecular weight is 353 g/mol. The van der Waals surface area contributed by atoms with Gasteiger partial charge in [0.25, 0.3) is 5.91 Å². The lowest BCUT2D eigenvalue weighted by molar-refractivity contribution is 0.0997. The molecular formula is C21H27N3O2. The highest BCUT2D eigenvalue weighted by molar-refractivity contribution is 5.95. The quantitative estimate of drug-likeness (QED) is 0.789. The van der Waals surface area contributed by atoms with Gasteiger partial charge in [0, 0.05) is 18.4 Å². The molecule has 5 nitrogen and oxygen atoms in total. The Morgan fingerprint density at radius 1 is 1.38 bits per heavy atom. The number of nitrogens with zero attached hydrogens (tertiary/aromatic N) is 1. The average Bonchev–Trinajstić information content (AvgIpc) is 2.62. The SMILES string of the molecule is CC(C)CCNC1CCCc2ccc(Oc3ccncc3C(N)=O)cc21. The van der Waals surface area contributed by atoms with E-state index in [-0.39, 0.29) is 5.56 Å². The summed E-state index contributed by atoms with van der Waals surface area (Å²) >= 11 is 0. The Balaban J connectivity index is 1.80. The van der Waals surface area contributed by atoms with E-state index in [1.807, 2.05) is 6.07 Å².